The van der Waals surface area contributed by atoms with Crippen molar-refractivity contribution < 1.29 is 4.79 Å². The van der Waals surface area contributed by atoms with Crippen LogP contribution < -0.4 is 21.5 Å². The van der Waals surface area contributed by atoms with Gasteiger partial charge in [0.05, 0.1) is 18.3 Å². The lowest BCUT2D eigenvalue weighted by Gasteiger charge is -2.18. The van der Waals surface area contributed by atoms with Crippen molar-refractivity contribution in [2.45, 2.75) is 12.8 Å². The van der Waals surface area contributed by atoms with Crippen LogP contribution in [-0.4, -0.2) is 45.5 Å². The highest BCUT2D eigenvalue weighted by molar-refractivity contribution is 7.15. The molecule has 1 fully saturated rings. The van der Waals surface area contributed by atoms with Gasteiger partial charge in [0.25, 0.3) is 5.56 Å². The zero-order valence-corrected chi connectivity index (χ0v) is 14.1. The Morgan fingerprint density at radius 2 is 2.33 bits per heavy atom. The number of nitrogens with zero attached hydrogens (tertiary/aromatic N) is 5. The summed E-state index contributed by atoms with van der Waals surface area (Å²) in [5, 5.41) is 15.5. The summed E-state index contributed by atoms with van der Waals surface area (Å²) in [5.74, 6) is 0.261. The van der Waals surface area contributed by atoms with Crippen molar-refractivity contribution in [3.05, 3.63) is 27.6 Å². The van der Waals surface area contributed by atoms with Gasteiger partial charge in [-0.15, -0.1) is 10.2 Å². The SMILES string of the molecule is Cn1ncc(N2CCC(CNC(=O)Cc3nnc(N)s3)C2)cc1=O. The van der Waals surface area contributed by atoms with Crippen LogP contribution in [0.5, 0.6) is 0 Å². The average Bonchev–Trinajstić information content (AvgIpc) is 3.17. The van der Waals surface area contributed by atoms with Crippen molar-refractivity contribution in [1.82, 2.24) is 25.3 Å². The van der Waals surface area contributed by atoms with Gasteiger partial charge in [-0.2, -0.15) is 5.10 Å². The normalized spacial score (nSPS) is 17.2. The number of nitrogens with two attached hydrogens (primary N) is 1. The van der Waals surface area contributed by atoms with E-state index in [2.05, 4.69) is 25.5 Å². The standard InChI is InChI=1S/C14H19N7O2S/c1-20-13(23)4-10(7-17-20)21-3-2-9(8-21)6-16-11(22)5-12-18-19-14(15)24-12/h4,7,9H,2-3,5-6,8H2,1H3,(H2,15,19)(H,16,22). The molecule has 0 aliphatic carbocycles. The minimum Gasteiger partial charge on any atom is -0.374 e. The van der Waals surface area contributed by atoms with Gasteiger partial charge in [0.1, 0.15) is 5.01 Å². The second-order valence-electron chi connectivity index (χ2n) is 5.79. The lowest BCUT2D eigenvalue weighted by molar-refractivity contribution is -0.120. The molecule has 0 radical (unpaired) electrons. The molecule has 128 valence electrons. The molecule has 1 saturated heterocycles. The van der Waals surface area contributed by atoms with E-state index in [1.807, 2.05) is 0 Å². The summed E-state index contributed by atoms with van der Waals surface area (Å²) in [6.45, 7) is 2.24. The van der Waals surface area contributed by atoms with Crippen LogP contribution in [0.1, 0.15) is 11.4 Å². The number of hydrogen-bond donors (Lipinski definition) is 2. The maximum Gasteiger partial charge on any atom is 0.268 e. The molecule has 0 bridgehead atoms. The zero-order chi connectivity index (χ0) is 17.1. The number of nitrogens with one attached hydrogen (secondary N) is 1. The molecule has 3 rings (SSSR count). The van der Waals surface area contributed by atoms with Gasteiger partial charge in [0.15, 0.2) is 0 Å². The fourth-order valence-electron chi connectivity index (χ4n) is 2.66. The second-order valence-corrected chi connectivity index (χ2v) is 6.88. The number of aromatic nitrogens is 4. The van der Waals surface area contributed by atoms with Crippen molar-refractivity contribution in [3.8, 4) is 0 Å². The molecule has 1 aliphatic rings. The first-order valence-corrected chi connectivity index (χ1v) is 8.46. The highest BCUT2D eigenvalue weighted by Crippen LogP contribution is 2.21. The molecular weight excluding hydrogens is 330 g/mol. The monoisotopic (exact) mass is 349 g/mol. The van der Waals surface area contributed by atoms with Gasteiger partial charge in [-0.25, -0.2) is 4.68 Å². The quantitative estimate of drug-likeness (QED) is 0.739. The maximum absolute atomic E-state index is 11.9. The van der Waals surface area contributed by atoms with Gasteiger partial charge in [-0.1, -0.05) is 11.3 Å². The van der Waals surface area contributed by atoms with Gasteiger partial charge in [-0.3, -0.25) is 9.59 Å². The van der Waals surface area contributed by atoms with Crippen LogP contribution in [0.4, 0.5) is 10.8 Å². The molecule has 1 amide bonds. The molecule has 9 nitrogen and oxygen atoms in total. The smallest absolute Gasteiger partial charge is 0.268 e. The third kappa shape index (κ3) is 3.88. The van der Waals surface area contributed by atoms with E-state index in [1.54, 1.807) is 19.3 Å². The summed E-state index contributed by atoms with van der Waals surface area (Å²) >= 11 is 1.22. The molecule has 1 aliphatic heterocycles. The van der Waals surface area contributed by atoms with Crippen molar-refractivity contribution in [3.63, 3.8) is 0 Å². The van der Waals surface area contributed by atoms with Crippen LogP contribution in [0.25, 0.3) is 0 Å². The van der Waals surface area contributed by atoms with E-state index >= 15 is 0 Å². The fourth-order valence-corrected chi connectivity index (χ4v) is 3.27. The number of carbonyl (C=O) groups is 1. The molecule has 24 heavy (non-hydrogen) atoms. The van der Waals surface area contributed by atoms with E-state index in [1.165, 1.54) is 16.0 Å². The van der Waals surface area contributed by atoms with E-state index in [0.29, 0.717) is 22.6 Å². The van der Waals surface area contributed by atoms with Gasteiger partial charge < -0.3 is 16.0 Å². The van der Waals surface area contributed by atoms with E-state index in [4.69, 9.17) is 5.73 Å². The summed E-state index contributed by atoms with van der Waals surface area (Å²) in [6, 6.07) is 1.59. The molecule has 3 N–H and O–H groups in total. The fraction of sp³-hybridized carbons (Fsp3) is 0.500. The number of nitrogen functional groups attached to an aromatic ring is 1. The molecule has 2 aromatic heterocycles. The summed E-state index contributed by atoms with van der Waals surface area (Å²) < 4.78 is 1.30. The molecule has 1 unspecified atom stereocenters. The minimum atomic E-state index is -0.124. The highest BCUT2D eigenvalue weighted by Gasteiger charge is 2.23. The Balaban J connectivity index is 1.48. The third-order valence-electron chi connectivity index (χ3n) is 3.99. The molecule has 0 saturated carbocycles. The van der Waals surface area contributed by atoms with Crippen molar-refractivity contribution in [1.29, 1.82) is 0 Å². The Hall–Kier alpha value is -2.49. The van der Waals surface area contributed by atoms with E-state index in [0.717, 1.165) is 25.2 Å². The Kier molecular flexibility index (Phi) is 4.74. The Labute approximate surface area is 142 Å². The number of carbonyl (C=O) groups excluding carboxylic acids is 1. The molecule has 2 aromatic rings. The Bertz CT molecular complexity index is 787. The molecule has 1 atom stereocenters. The average molecular weight is 349 g/mol. The van der Waals surface area contributed by atoms with Crippen molar-refractivity contribution in [2.75, 3.05) is 30.3 Å². The van der Waals surface area contributed by atoms with Crippen LogP contribution in [-0.2, 0) is 18.3 Å². The number of anilines is 2. The first kappa shape index (κ1) is 16.4. The second kappa shape index (κ2) is 6.95. The topological polar surface area (TPSA) is 119 Å². The number of amides is 1. The third-order valence-corrected chi connectivity index (χ3v) is 4.74. The summed E-state index contributed by atoms with van der Waals surface area (Å²) in [4.78, 5) is 25.7. The van der Waals surface area contributed by atoms with E-state index in [-0.39, 0.29) is 17.9 Å². The van der Waals surface area contributed by atoms with Crippen LogP contribution in [0, 0.1) is 5.92 Å². The lowest BCUT2D eigenvalue weighted by atomic mass is 10.1. The molecule has 0 spiro atoms. The van der Waals surface area contributed by atoms with Crippen molar-refractivity contribution in [2.24, 2.45) is 13.0 Å². The zero-order valence-electron chi connectivity index (χ0n) is 13.3. The highest BCUT2D eigenvalue weighted by atomic mass is 32.1. The van der Waals surface area contributed by atoms with E-state index < -0.39 is 0 Å². The minimum absolute atomic E-state index is 0.0835. The predicted molar refractivity (Wildman–Crippen MR) is 90.8 cm³/mol. The Morgan fingerprint density at radius 3 is 3.04 bits per heavy atom. The Morgan fingerprint density at radius 1 is 1.50 bits per heavy atom. The number of hydrogen-bond acceptors (Lipinski definition) is 8. The molecule has 0 aromatic carbocycles. The van der Waals surface area contributed by atoms with Gasteiger partial charge in [0.2, 0.25) is 11.0 Å². The largest absolute Gasteiger partial charge is 0.374 e. The summed E-state index contributed by atoms with van der Waals surface area (Å²) in [5.41, 5.74) is 6.20. The first-order valence-electron chi connectivity index (χ1n) is 7.64. The predicted octanol–water partition coefficient (Wildman–Crippen LogP) is -0.601. The molecular formula is C14H19N7O2S. The number of rotatable bonds is 5. The van der Waals surface area contributed by atoms with Crippen LogP contribution in [0.2, 0.25) is 0 Å². The lowest BCUT2D eigenvalue weighted by Crippen LogP contribution is -2.32. The first-order chi connectivity index (χ1) is 11.5. The summed E-state index contributed by atoms with van der Waals surface area (Å²) in [7, 11) is 1.63. The van der Waals surface area contributed by atoms with Crippen LogP contribution in [0.3, 0.4) is 0 Å². The van der Waals surface area contributed by atoms with Crippen LogP contribution >= 0.6 is 11.3 Å². The maximum atomic E-state index is 11.9. The van der Waals surface area contributed by atoms with Crippen LogP contribution in [0.15, 0.2) is 17.1 Å². The summed E-state index contributed by atoms with van der Waals surface area (Å²) in [6.07, 6.45) is 2.85. The van der Waals surface area contributed by atoms with Gasteiger partial charge >= 0.3 is 0 Å². The van der Waals surface area contributed by atoms with Gasteiger partial charge in [0, 0.05) is 32.7 Å². The van der Waals surface area contributed by atoms with E-state index in [9.17, 15) is 9.59 Å². The molecule has 3 heterocycles. The number of aryl methyl sites for hydroxylation is 1. The van der Waals surface area contributed by atoms with Gasteiger partial charge in [-0.05, 0) is 12.3 Å². The molecule has 10 heteroatoms. The van der Waals surface area contributed by atoms with Crippen molar-refractivity contribution >= 4 is 28.1 Å².